The Balaban J connectivity index is 1.58. The number of hydrogen-bond acceptors (Lipinski definition) is 2. The zero-order valence-corrected chi connectivity index (χ0v) is 13.3. The number of aliphatic imine (C=N–C) groups is 1. The highest BCUT2D eigenvalue weighted by Crippen LogP contribution is 2.28. The lowest BCUT2D eigenvalue weighted by Crippen LogP contribution is -2.37. The Morgan fingerprint density at radius 2 is 2.14 bits per heavy atom. The molecule has 1 fully saturated rings. The van der Waals surface area contributed by atoms with E-state index >= 15 is 0 Å². The normalized spacial score (nSPS) is 15.0. The van der Waals surface area contributed by atoms with E-state index in [-0.39, 0.29) is 0 Å². The summed E-state index contributed by atoms with van der Waals surface area (Å²) < 4.78 is 5.60. The van der Waals surface area contributed by atoms with E-state index in [1.807, 2.05) is 24.3 Å². The van der Waals surface area contributed by atoms with Crippen molar-refractivity contribution in [1.82, 2.24) is 10.6 Å². The largest absolute Gasteiger partial charge is 0.381 e. The van der Waals surface area contributed by atoms with Crippen molar-refractivity contribution in [2.45, 2.75) is 25.8 Å². The van der Waals surface area contributed by atoms with Crippen LogP contribution in [-0.4, -0.2) is 32.8 Å². The Morgan fingerprint density at radius 1 is 1.33 bits per heavy atom. The fourth-order valence-electron chi connectivity index (χ4n) is 1.96. The molecule has 0 heterocycles. The van der Waals surface area contributed by atoms with E-state index < -0.39 is 0 Å². The lowest BCUT2D eigenvalue weighted by Gasteiger charge is -2.12. The van der Waals surface area contributed by atoms with Crippen LogP contribution in [0.5, 0.6) is 0 Å². The van der Waals surface area contributed by atoms with Crippen molar-refractivity contribution in [2.75, 3.05) is 26.8 Å². The number of halogens is 1. The summed E-state index contributed by atoms with van der Waals surface area (Å²) in [6, 6.07) is 7.82. The summed E-state index contributed by atoms with van der Waals surface area (Å²) in [6.45, 7) is 3.26. The third-order valence-corrected chi connectivity index (χ3v) is 3.80. The average Bonchev–Trinajstić information content (AvgIpc) is 3.31. The van der Waals surface area contributed by atoms with Crippen molar-refractivity contribution >= 4 is 17.6 Å². The van der Waals surface area contributed by atoms with Crippen LogP contribution in [0.1, 0.15) is 24.8 Å². The Morgan fingerprint density at radius 3 is 2.86 bits per heavy atom. The van der Waals surface area contributed by atoms with Crippen molar-refractivity contribution in [3.8, 4) is 0 Å². The van der Waals surface area contributed by atoms with Crippen molar-refractivity contribution in [3.63, 3.8) is 0 Å². The number of ether oxygens (including phenoxy) is 1. The standard InChI is InChI=1S/C16H24ClN3O/c1-18-16(19-9-4-10-21-12-13-7-8-13)20-11-14-5-2-3-6-15(14)17/h2-3,5-6,13H,4,7-12H2,1H3,(H2,18,19,20). The average molecular weight is 310 g/mol. The number of nitrogens with zero attached hydrogens (tertiary/aromatic N) is 1. The quantitative estimate of drug-likeness (QED) is 0.441. The number of hydrogen-bond donors (Lipinski definition) is 2. The highest BCUT2D eigenvalue weighted by molar-refractivity contribution is 6.31. The summed E-state index contributed by atoms with van der Waals surface area (Å²) in [5.74, 6) is 1.63. The van der Waals surface area contributed by atoms with Gasteiger partial charge in [0.2, 0.25) is 0 Å². The molecule has 0 spiro atoms. The Bertz CT molecular complexity index is 461. The van der Waals surface area contributed by atoms with Gasteiger partial charge in [0.25, 0.3) is 0 Å². The summed E-state index contributed by atoms with van der Waals surface area (Å²) in [5.41, 5.74) is 1.06. The molecular weight excluding hydrogens is 286 g/mol. The third kappa shape index (κ3) is 6.36. The summed E-state index contributed by atoms with van der Waals surface area (Å²) >= 11 is 6.13. The smallest absolute Gasteiger partial charge is 0.191 e. The highest BCUT2D eigenvalue weighted by atomic mass is 35.5. The van der Waals surface area contributed by atoms with Gasteiger partial charge in [-0.25, -0.2) is 0 Å². The summed E-state index contributed by atoms with van der Waals surface area (Å²) in [4.78, 5) is 4.20. The number of rotatable bonds is 8. The topological polar surface area (TPSA) is 45.7 Å². The van der Waals surface area contributed by atoms with Gasteiger partial charge in [-0.05, 0) is 36.8 Å². The number of benzene rings is 1. The summed E-state index contributed by atoms with van der Waals surface area (Å²) in [7, 11) is 1.77. The lowest BCUT2D eigenvalue weighted by molar-refractivity contribution is 0.123. The molecule has 21 heavy (non-hydrogen) atoms. The zero-order valence-electron chi connectivity index (χ0n) is 12.6. The van der Waals surface area contributed by atoms with Crippen LogP contribution < -0.4 is 10.6 Å². The molecule has 0 atom stereocenters. The van der Waals surface area contributed by atoms with E-state index in [0.717, 1.165) is 48.6 Å². The summed E-state index contributed by atoms with van der Waals surface area (Å²) in [6.07, 6.45) is 3.67. The molecular formula is C16H24ClN3O. The lowest BCUT2D eigenvalue weighted by atomic mass is 10.2. The van der Waals surface area contributed by atoms with Crippen LogP contribution in [0.2, 0.25) is 5.02 Å². The maximum atomic E-state index is 6.13. The SMILES string of the molecule is CN=C(NCCCOCC1CC1)NCc1ccccc1Cl. The maximum Gasteiger partial charge on any atom is 0.191 e. The fraction of sp³-hybridized carbons (Fsp3) is 0.562. The molecule has 0 radical (unpaired) electrons. The molecule has 1 aromatic carbocycles. The molecule has 0 unspecified atom stereocenters. The van der Waals surface area contributed by atoms with Gasteiger partial charge in [-0.2, -0.15) is 0 Å². The van der Waals surface area contributed by atoms with E-state index in [1.165, 1.54) is 12.8 Å². The Hall–Kier alpha value is -1.26. The highest BCUT2D eigenvalue weighted by Gasteiger charge is 2.20. The Labute approximate surface area is 131 Å². The van der Waals surface area contributed by atoms with E-state index in [9.17, 15) is 0 Å². The second kappa shape index (κ2) is 8.90. The molecule has 0 amide bonds. The minimum atomic E-state index is 0.664. The molecule has 116 valence electrons. The molecule has 1 aliphatic rings. The molecule has 4 nitrogen and oxygen atoms in total. The van der Waals surface area contributed by atoms with Gasteiger partial charge in [-0.1, -0.05) is 29.8 Å². The first-order valence-corrected chi connectivity index (χ1v) is 7.93. The van der Waals surface area contributed by atoms with E-state index in [2.05, 4.69) is 15.6 Å². The van der Waals surface area contributed by atoms with E-state index in [4.69, 9.17) is 16.3 Å². The summed E-state index contributed by atoms with van der Waals surface area (Å²) in [5, 5.41) is 7.31. The zero-order chi connectivity index (χ0) is 14.9. The molecule has 1 saturated carbocycles. The van der Waals surface area contributed by atoms with Gasteiger partial charge in [0.05, 0.1) is 0 Å². The molecule has 5 heteroatoms. The molecule has 0 saturated heterocycles. The van der Waals surface area contributed by atoms with E-state index in [1.54, 1.807) is 7.05 Å². The molecule has 0 aromatic heterocycles. The second-order valence-corrected chi connectivity index (χ2v) is 5.72. The van der Waals surface area contributed by atoms with Crippen LogP contribution >= 0.6 is 11.6 Å². The van der Waals surface area contributed by atoms with Gasteiger partial charge in [0.15, 0.2) is 5.96 Å². The van der Waals surface area contributed by atoms with Crippen molar-refractivity contribution in [3.05, 3.63) is 34.9 Å². The van der Waals surface area contributed by atoms with Crippen LogP contribution in [0.15, 0.2) is 29.3 Å². The molecule has 0 aliphatic heterocycles. The van der Waals surface area contributed by atoms with Crippen LogP contribution in [0.4, 0.5) is 0 Å². The first kappa shape index (κ1) is 16.1. The molecule has 1 aliphatic carbocycles. The van der Waals surface area contributed by atoms with Gasteiger partial charge in [-0.3, -0.25) is 4.99 Å². The van der Waals surface area contributed by atoms with Crippen molar-refractivity contribution in [1.29, 1.82) is 0 Å². The van der Waals surface area contributed by atoms with Gasteiger partial charge >= 0.3 is 0 Å². The number of nitrogens with one attached hydrogen (secondary N) is 2. The molecule has 2 rings (SSSR count). The van der Waals surface area contributed by atoms with Gasteiger partial charge in [-0.15, -0.1) is 0 Å². The fourth-order valence-corrected chi connectivity index (χ4v) is 2.16. The minimum Gasteiger partial charge on any atom is -0.381 e. The predicted molar refractivity (Wildman–Crippen MR) is 87.8 cm³/mol. The second-order valence-electron chi connectivity index (χ2n) is 5.32. The predicted octanol–water partition coefficient (Wildman–Crippen LogP) is 2.82. The van der Waals surface area contributed by atoms with Crippen LogP contribution in [0, 0.1) is 5.92 Å². The Kier molecular flexibility index (Phi) is 6.83. The van der Waals surface area contributed by atoms with Gasteiger partial charge < -0.3 is 15.4 Å². The van der Waals surface area contributed by atoms with Gasteiger partial charge in [0.1, 0.15) is 0 Å². The van der Waals surface area contributed by atoms with Crippen molar-refractivity contribution in [2.24, 2.45) is 10.9 Å². The minimum absolute atomic E-state index is 0.664. The first-order chi connectivity index (χ1) is 10.3. The van der Waals surface area contributed by atoms with Gasteiger partial charge in [0, 0.05) is 38.4 Å². The molecule has 0 bridgehead atoms. The molecule has 2 N–H and O–H groups in total. The van der Waals surface area contributed by atoms with Crippen LogP contribution in [0.3, 0.4) is 0 Å². The maximum absolute atomic E-state index is 6.13. The van der Waals surface area contributed by atoms with Crippen LogP contribution in [0.25, 0.3) is 0 Å². The van der Waals surface area contributed by atoms with Crippen LogP contribution in [-0.2, 0) is 11.3 Å². The van der Waals surface area contributed by atoms with Crippen molar-refractivity contribution < 1.29 is 4.74 Å². The molecule has 1 aromatic rings. The third-order valence-electron chi connectivity index (χ3n) is 3.44. The first-order valence-electron chi connectivity index (χ1n) is 7.55. The monoisotopic (exact) mass is 309 g/mol. The number of guanidine groups is 1. The van der Waals surface area contributed by atoms with E-state index in [0.29, 0.717) is 6.54 Å².